The van der Waals surface area contributed by atoms with Crippen molar-refractivity contribution in [1.82, 2.24) is 5.32 Å². The lowest BCUT2D eigenvalue weighted by Gasteiger charge is -2.17. The molecule has 0 radical (unpaired) electrons. The molecule has 0 aliphatic heterocycles. The third-order valence-corrected chi connectivity index (χ3v) is 4.21. The summed E-state index contributed by atoms with van der Waals surface area (Å²) in [6.07, 6.45) is 0.714. The largest absolute Gasteiger partial charge is 0.355 e. The number of carbonyl (C=O) groups is 2. The second kappa shape index (κ2) is 7.18. The van der Waals surface area contributed by atoms with E-state index in [9.17, 15) is 9.59 Å². The van der Waals surface area contributed by atoms with Crippen molar-refractivity contribution in [3.63, 3.8) is 0 Å². The summed E-state index contributed by atoms with van der Waals surface area (Å²) in [6.45, 7) is 4.00. The molecular weight excluding hydrogens is 312 g/mol. The molecule has 4 heteroatoms. The van der Waals surface area contributed by atoms with Gasteiger partial charge >= 0.3 is 0 Å². The van der Waals surface area contributed by atoms with Crippen LogP contribution >= 0.6 is 0 Å². The first-order valence-electron chi connectivity index (χ1n) is 8.16. The zero-order chi connectivity index (χ0) is 17.8. The van der Waals surface area contributed by atoms with Gasteiger partial charge in [0, 0.05) is 19.2 Å². The number of amides is 2. The van der Waals surface area contributed by atoms with Crippen molar-refractivity contribution in [3.8, 4) is 11.1 Å². The van der Waals surface area contributed by atoms with Crippen LogP contribution in [-0.4, -0.2) is 12.3 Å². The van der Waals surface area contributed by atoms with Gasteiger partial charge in [-0.1, -0.05) is 42.5 Å². The Morgan fingerprint density at radius 2 is 1.88 bits per heavy atom. The maximum absolute atomic E-state index is 11.4. The summed E-state index contributed by atoms with van der Waals surface area (Å²) < 4.78 is 0. The highest BCUT2D eigenvalue weighted by atomic mass is 16.1. The van der Waals surface area contributed by atoms with Crippen LogP contribution in [0.15, 0.2) is 54.6 Å². The summed E-state index contributed by atoms with van der Waals surface area (Å²) in [5, 5.41) is 7.88. The van der Waals surface area contributed by atoms with E-state index in [2.05, 4.69) is 35.8 Å². The number of aryl methyl sites for hydroxylation is 1. The van der Waals surface area contributed by atoms with Crippen molar-refractivity contribution in [2.24, 2.45) is 0 Å². The lowest BCUT2D eigenvalue weighted by Crippen LogP contribution is -2.12. The molecule has 0 heterocycles. The number of benzene rings is 3. The standard InChI is InChI=1S/C21H20N2O2/c1-14-10-16-6-3-4-9-19(16)21(20(14)12-22-13-24)17-7-5-8-18(11-17)23-15(2)25/h3-11,13H,12H2,1-2H3,(H,22,24)(H,23,25). The molecule has 25 heavy (non-hydrogen) atoms. The van der Waals surface area contributed by atoms with E-state index < -0.39 is 0 Å². The molecule has 0 aliphatic rings. The fourth-order valence-corrected chi connectivity index (χ4v) is 3.19. The molecule has 0 bridgehead atoms. The molecule has 2 N–H and O–H groups in total. The molecule has 2 amide bonds. The number of nitrogens with one attached hydrogen (secondary N) is 2. The van der Waals surface area contributed by atoms with Crippen molar-refractivity contribution in [2.75, 3.05) is 5.32 Å². The predicted octanol–water partition coefficient (Wildman–Crippen LogP) is 4.02. The fraction of sp³-hybridized carbons (Fsp3) is 0.143. The minimum Gasteiger partial charge on any atom is -0.355 e. The number of rotatable bonds is 5. The summed E-state index contributed by atoms with van der Waals surface area (Å²) >= 11 is 0. The molecule has 0 aliphatic carbocycles. The van der Waals surface area contributed by atoms with Gasteiger partial charge in [-0.3, -0.25) is 9.59 Å². The van der Waals surface area contributed by atoms with Crippen LogP contribution < -0.4 is 10.6 Å². The average Bonchev–Trinajstić information content (AvgIpc) is 2.59. The smallest absolute Gasteiger partial charge is 0.221 e. The molecule has 0 fully saturated rings. The van der Waals surface area contributed by atoms with Gasteiger partial charge in [0.2, 0.25) is 12.3 Å². The van der Waals surface area contributed by atoms with Gasteiger partial charge in [0.1, 0.15) is 0 Å². The first kappa shape index (κ1) is 16.7. The second-order valence-corrected chi connectivity index (χ2v) is 6.03. The Hall–Kier alpha value is -3.14. The van der Waals surface area contributed by atoms with Crippen LogP contribution in [0, 0.1) is 6.92 Å². The Bertz CT molecular complexity index is 948. The van der Waals surface area contributed by atoms with E-state index in [0.717, 1.165) is 38.7 Å². The van der Waals surface area contributed by atoms with Crippen molar-refractivity contribution in [2.45, 2.75) is 20.4 Å². The van der Waals surface area contributed by atoms with E-state index >= 15 is 0 Å². The number of hydrogen-bond donors (Lipinski definition) is 2. The molecule has 0 atom stereocenters. The molecule has 4 nitrogen and oxygen atoms in total. The van der Waals surface area contributed by atoms with Crippen LogP contribution in [-0.2, 0) is 16.1 Å². The van der Waals surface area contributed by atoms with Gasteiger partial charge in [0.25, 0.3) is 0 Å². The van der Waals surface area contributed by atoms with Gasteiger partial charge < -0.3 is 10.6 Å². The molecule has 0 unspecified atom stereocenters. The summed E-state index contributed by atoms with van der Waals surface area (Å²) in [4.78, 5) is 22.2. The minimum absolute atomic E-state index is 0.103. The third-order valence-electron chi connectivity index (χ3n) is 4.21. The lowest BCUT2D eigenvalue weighted by atomic mass is 9.90. The maximum atomic E-state index is 11.4. The summed E-state index contributed by atoms with van der Waals surface area (Å²) in [7, 11) is 0. The van der Waals surface area contributed by atoms with Crippen LogP contribution in [0.4, 0.5) is 5.69 Å². The first-order valence-corrected chi connectivity index (χ1v) is 8.16. The molecule has 3 aromatic rings. The number of fused-ring (bicyclic) bond motifs is 1. The van der Waals surface area contributed by atoms with Gasteiger partial charge in [-0.05, 0) is 52.1 Å². The zero-order valence-electron chi connectivity index (χ0n) is 14.3. The van der Waals surface area contributed by atoms with Gasteiger partial charge in [-0.25, -0.2) is 0 Å². The monoisotopic (exact) mass is 332 g/mol. The highest BCUT2D eigenvalue weighted by Gasteiger charge is 2.13. The predicted molar refractivity (Wildman–Crippen MR) is 101 cm³/mol. The highest BCUT2D eigenvalue weighted by molar-refractivity contribution is 6.00. The summed E-state index contributed by atoms with van der Waals surface area (Å²) in [6, 6.07) is 18.1. The van der Waals surface area contributed by atoms with Crippen molar-refractivity contribution in [3.05, 3.63) is 65.7 Å². The van der Waals surface area contributed by atoms with E-state index in [1.54, 1.807) is 0 Å². The molecular formula is C21H20N2O2. The van der Waals surface area contributed by atoms with Crippen molar-refractivity contribution in [1.29, 1.82) is 0 Å². The van der Waals surface area contributed by atoms with E-state index in [1.165, 1.54) is 6.92 Å². The second-order valence-electron chi connectivity index (χ2n) is 6.03. The van der Waals surface area contributed by atoms with Crippen molar-refractivity contribution < 1.29 is 9.59 Å². The molecule has 0 saturated carbocycles. The Morgan fingerprint density at radius 1 is 1.08 bits per heavy atom. The van der Waals surface area contributed by atoms with E-state index in [4.69, 9.17) is 0 Å². The molecule has 0 saturated heterocycles. The summed E-state index contributed by atoms with van der Waals surface area (Å²) in [5.74, 6) is -0.103. The average molecular weight is 332 g/mol. The molecule has 126 valence electrons. The topological polar surface area (TPSA) is 58.2 Å². The van der Waals surface area contributed by atoms with Gasteiger partial charge in [-0.2, -0.15) is 0 Å². The van der Waals surface area contributed by atoms with Gasteiger partial charge in [0.05, 0.1) is 0 Å². The quantitative estimate of drug-likeness (QED) is 0.693. The minimum atomic E-state index is -0.103. The normalized spacial score (nSPS) is 10.5. The van der Waals surface area contributed by atoms with Crippen LogP contribution in [0.3, 0.4) is 0 Å². The Balaban J connectivity index is 2.25. The number of hydrogen-bond acceptors (Lipinski definition) is 2. The SMILES string of the molecule is CC(=O)Nc1cccc(-c2c(CNC=O)c(C)cc3ccccc23)c1. The highest BCUT2D eigenvalue weighted by Crippen LogP contribution is 2.35. The van der Waals surface area contributed by atoms with Gasteiger partial charge in [0.15, 0.2) is 0 Å². The first-order chi connectivity index (χ1) is 12.1. The van der Waals surface area contributed by atoms with Gasteiger partial charge in [-0.15, -0.1) is 0 Å². The van der Waals surface area contributed by atoms with E-state index in [0.29, 0.717) is 13.0 Å². The van der Waals surface area contributed by atoms with E-state index in [1.807, 2.05) is 36.4 Å². The molecule has 0 spiro atoms. The third kappa shape index (κ3) is 3.53. The summed E-state index contributed by atoms with van der Waals surface area (Å²) in [5.41, 5.74) is 5.04. The Morgan fingerprint density at radius 3 is 2.64 bits per heavy atom. The molecule has 3 rings (SSSR count). The van der Waals surface area contributed by atoms with Crippen LogP contribution in [0.25, 0.3) is 21.9 Å². The maximum Gasteiger partial charge on any atom is 0.221 e. The van der Waals surface area contributed by atoms with Crippen LogP contribution in [0.2, 0.25) is 0 Å². The Labute approximate surface area is 146 Å². The molecule has 0 aromatic heterocycles. The molecule has 3 aromatic carbocycles. The van der Waals surface area contributed by atoms with E-state index in [-0.39, 0.29) is 5.91 Å². The Kier molecular flexibility index (Phi) is 4.80. The lowest BCUT2D eigenvalue weighted by molar-refractivity contribution is -0.114. The number of anilines is 1. The van der Waals surface area contributed by atoms with Crippen molar-refractivity contribution >= 4 is 28.8 Å². The zero-order valence-corrected chi connectivity index (χ0v) is 14.3. The van der Waals surface area contributed by atoms with Crippen LogP contribution in [0.1, 0.15) is 18.1 Å². The number of carbonyl (C=O) groups excluding carboxylic acids is 2. The van der Waals surface area contributed by atoms with Crippen LogP contribution in [0.5, 0.6) is 0 Å². The fourth-order valence-electron chi connectivity index (χ4n) is 3.19.